The Morgan fingerprint density at radius 1 is 1.41 bits per heavy atom. The first kappa shape index (κ1) is 13.0. The predicted octanol–water partition coefficient (Wildman–Crippen LogP) is 1.69. The summed E-state index contributed by atoms with van der Waals surface area (Å²) in [7, 11) is 0. The number of carbonyl (C=O) groups is 2. The van der Waals surface area contributed by atoms with E-state index in [1.807, 2.05) is 0 Å². The van der Waals surface area contributed by atoms with Crippen LogP contribution in [0.5, 0.6) is 0 Å². The van der Waals surface area contributed by atoms with Crippen molar-refractivity contribution in [1.29, 1.82) is 0 Å². The second kappa shape index (κ2) is 6.47. The first-order valence-corrected chi connectivity index (χ1v) is 5.13. The van der Waals surface area contributed by atoms with Gasteiger partial charge in [0.2, 0.25) is 6.04 Å². The van der Waals surface area contributed by atoms with Gasteiger partial charge < -0.3 is 4.74 Å². The monoisotopic (exact) mass is 235 g/mol. The SMILES string of the molecule is CCOC(=O)C(/N=N/c1ccncc1)C(C)=O. The molecule has 0 bridgehead atoms. The molecule has 0 saturated heterocycles. The summed E-state index contributed by atoms with van der Waals surface area (Å²) in [5, 5.41) is 7.48. The molecule has 0 spiro atoms. The fourth-order valence-electron chi connectivity index (χ4n) is 1.05. The van der Waals surface area contributed by atoms with E-state index in [0.29, 0.717) is 5.69 Å². The molecule has 1 aromatic rings. The second-order valence-electron chi connectivity index (χ2n) is 3.19. The summed E-state index contributed by atoms with van der Waals surface area (Å²) < 4.78 is 4.73. The van der Waals surface area contributed by atoms with E-state index in [1.165, 1.54) is 6.92 Å². The van der Waals surface area contributed by atoms with Crippen LogP contribution >= 0.6 is 0 Å². The van der Waals surface area contributed by atoms with E-state index in [2.05, 4.69) is 15.2 Å². The Labute approximate surface area is 98.7 Å². The van der Waals surface area contributed by atoms with Crippen LogP contribution in [-0.2, 0) is 14.3 Å². The topological polar surface area (TPSA) is 81.0 Å². The smallest absolute Gasteiger partial charge is 0.340 e. The Morgan fingerprint density at radius 3 is 2.59 bits per heavy atom. The van der Waals surface area contributed by atoms with Crippen molar-refractivity contribution in [2.24, 2.45) is 10.2 Å². The summed E-state index contributed by atoms with van der Waals surface area (Å²) in [5.41, 5.74) is 0.524. The molecule has 90 valence electrons. The normalized spacial score (nSPS) is 12.4. The van der Waals surface area contributed by atoms with Crippen molar-refractivity contribution in [1.82, 2.24) is 4.98 Å². The highest BCUT2D eigenvalue weighted by Crippen LogP contribution is 2.11. The Morgan fingerprint density at radius 2 is 2.06 bits per heavy atom. The van der Waals surface area contributed by atoms with Crippen LogP contribution in [0.4, 0.5) is 5.69 Å². The molecule has 6 heteroatoms. The maximum Gasteiger partial charge on any atom is 0.340 e. The molecule has 6 nitrogen and oxygen atoms in total. The molecule has 1 aromatic heterocycles. The van der Waals surface area contributed by atoms with Gasteiger partial charge in [-0.15, -0.1) is 0 Å². The number of Topliss-reactive ketones (excluding diaryl/α,β-unsaturated/α-hetero) is 1. The predicted molar refractivity (Wildman–Crippen MR) is 59.9 cm³/mol. The number of hydrogen-bond donors (Lipinski definition) is 0. The Hall–Kier alpha value is -2.11. The van der Waals surface area contributed by atoms with Crippen LogP contribution < -0.4 is 0 Å². The lowest BCUT2D eigenvalue weighted by Crippen LogP contribution is -2.28. The van der Waals surface area contributed by atoms with Crippen molar-refractivity contribution in [2.45, 2.75) is 19.9 Å². The van der Waals surface area contributed by atoms with Gasteiger partial charge in [-0.05, 0) is 26.0 Å². The number of hydrogen-bond acceptors (Lipinski definition) is 6. The zero-order chi connectivity index (χ0) is 12.7. The van der Waals surface area contributed by atoms with Crippen molar-refractivity contribution in [3.05, 3.63) is 24.5 Å². The summed E-state index contributed by atoms with van der Waals surface area (Å²) in [6, 6.07) is 2.04. The fraction of sp³-hybridized carbons (Fsp3) is 0.364. The molecule has 17 heavy (non-hydrogen) atoms. The van der Waals surface area contributed by atoms with E-state index in [-0.39, 0.29) is 6.61 Å². The van der Waals surface area contributed by atoms with E-state index >= 15 is 0 Å². The molecule has 0 aliphatic heterocycles. The first-order valence-electron chi connectivity index (χ1n) is 5.13. The summed E-state index contributed by atoms with van der Waals surface area (Å²) in [5.74, 6) is -1.08. The molecule has 0 aliphatic rings. The minimum absolute atomic E-state index is 0.202. The summed E-state index contributed by atoms with van der Waals surface area (Å²) in [6.45, 7) is 3.13. The number of carbonyl (C=O) groups excluding carboxylic acids is 2. The molecule has 0 N–H and O–H groups in total. The third kappa shape index (κ3) is 4.10. The lowest BCUT2D eigenvalue weighted by Gasteiger charge is -2.06. The highest BCUT2D eigenvalue weighted by molar-refractivity contribution is 6.02. The molecule has 0 saturated carbocycles. The number of esters is 1. The molecule has 0 fully saturated rings. The molecule has 1 unspecified atom stereocenters. The summed E-state index contributed by atoms with van der Waals surface area (Å²) in [4.78, 5) is 26.4. The summed E-state index contributed by atoms with van der Waals surface area (Å²) >= 11 is 0. The zero-order valence-corrected chi connectivity index (χ0v) is 9.66. The molecule has 1 rings (SSSR count). The van der Waals surface area contributed by atoms with Gasteiger partial charge in [-0.25, -0.2) is 4.79 Å². The second-order valence-corrected chi connectivity index (χ2v) is 3.19. The number of azo groups is 1. The van der Waals surface area contributed by atoms with Gasteiger partial charge in [0.25, 0.3) is 0 Å². The van der Waals surface area contributed by atoms with Crippen LogP contribution in [0.15, 0.2) is 34.8 Å². The van der Waals surface area contributed by atoms with Gasteiger partial charge in [-0.3, -0.25) is 9.78 Å². The minimum Gasteiger partial charge on any atom is -0.464 e. The zero-order valence-electron chi connectivity index (χ0n) is 9.66. The average Bonchev–Trinajstić information content (AvgIpc) is 2.30. The van der Waals surface area contributed by atoms with Crippen LogP contribution in [0.2, 0.25) is 0 Å². The van der Waals surface area contributed by atoms with Crippen LogP contribution in [0.25, 0.3) is 0 Å². The van der Waals surface area contributed by atoms with E-state index < -0.39 is 17.8 Å². The number of ketones is 1. The minimum atomic E-state index is -1.19. The van der Waals surface area contributed by atoms with E-state index in [9.17, 15) is 9.59 Å². The van der Waals surface area contributed by atoms with Crippen LogP contribution in [-0.4, -0.2) is 29.4 Å². The van der Waals surface area contributed by atoms with Crippen molar-refractivity contribution in [3.8, 4) is 0 Å². The highest BCUT2D eigenvalue weighted by atomic mass is 16.5. The molecule has 1 heterocycles. The molecular weight excluding hydrogens is 222 g/mol. The van der Waals surface area contributed by atoms with Crippen molar-refractivity contribution in [2.75, 3.05) is 6.61 Å². The largest absolute Gasteiger partial charge is 0.464 e. The van der Waals surface area contributed by atoms with Crippen molar-refractivity contribution >= 4 is 17.4 Å². The lowest BCUT2D eigenvalue weighted by atomic mass is 10.2. The number of nitrogens with zero attached hydrogens (tertiary/aromatic N) is 3. The van der Waals surface area contributed by atoms with E-state index in [0.717, 1.165) is 0 Å². The van der Waals surface area contributed by atoms with E-state index in [1.54, 1.807) is 31.5 Å². The van der Waals surface area contributed by atoms with Crippen molar-refractivity contribution < 1.29 is 14.3 Å². The molecule has 1 atom stereocenters. The standard InChI is InChI=1S/C11H13N3O3/c1-3-17-11(16)10(8(2)15)14-13-9-4-6-12-7-5-9/h4-7,10H,3H2,1-2H3/b14-13+. The third-order valence-electron chi connectivity index (χ3n) is 1.85. The maximum atomic E-state index is 11.4. The molecular formula is C11H13N3O3. The van der Waals surface area contributed by atoms with Gasteiger partial charge in [0.05, 0.1) is 12.3 Å². The Kier molecular flexibility index (Phi) is 4.93. The fourth-order valence-corrected chi connectivity index (χ4v) is 1.05. The van der Waals surface area contributed by atoms with Gasteiger partial charge in [0.15, 0.2) is 5.78 Å². The van der Waals surface area contributed by atoms with Gasteiger partial charge in [-0.1, -0.05) is 0 Å². The van der Waals surface area contributed by atoms with Gasteiger partial charge in [-0.2, -0.15) is 10.2 Å². The number of pyridine rings is 1. The first-order chi connectivity index (χ1) is 8.15. The average molecular weight is 235 g/mol. The quantitative estimate of drug-likeness (QED) is 0.441. The number of ether oxygens (including phenoxy) is 1. The molecule has 0 aliphatic carbocycles. The van der Waals surface area contributed by atoms with Gasteiger partial charge >= 0.3 is 5.97 Å². The van der Waals surface area contributed by atoms with Crippen molar-refractivity contribution in [3.63, 3.8) is 0 Å². The molecule has 0 radical (unpaired) electrons. The summed E-state index contributed by atoms with van der Waals surface area (Å²) in [6.07, 6.45) is 3.09. The highest BCUT2D eigenvalue weighted by Gasteiger charge is 2.24. The lowest BCUT2D eigenvalue weighted by molar-refractivity contribution is -0.147. The number of aromatic nitrogens is 1. The molecule has 0 aromatic carbocycles. The third-order valence-corrected chi connectivity index (χ3v) is 1.85. The Balaban J connectivity index is 2.77. The Bertz CT molecular complexity index is 417. The van der Waals surface area contributed by atoms with Crippen LogP contribution in [0.3, 0.4) is 0 Å². The van der Waals surface area contributed by atoms with Gasteiger partial charge in [0.1, 0.15) is 0 Å². The molecule has 0 amide bonds. The van der Waals surface area contributed by atoms with Gasteiger partial charge in [0, 0.05) is 12.4 Å². The maximum absolute atomic E-state index is 11.4. The van der Waals surface area contributed by atoms with Crippen LogP contribution in [0, 0.1) is 0 Å². The van der Waals surface area contributed by atoms with Crippen LogP contribution in [0.1, 0.15) is 13.8 Å². The van der Waals surface area contributed by atoms with E-state index in [4.69, 9.17) is 4.74 Å². The number of rotatable bonds is 5.